The minimum atomic E-state index is -0.529. The molecular formula is C27H50O4. The second kappa shape index (κ2) is 25.1. The summed E-state index contributed by atoms with van der Waals surface area (Å²) in [6, 6.07) is 0. The molecule has 4 nitrogen and oxygen atoms in total. The molecule has 0 heterocycles. The first-order chi connectivity index (χ1) is 15.2. The molecule has 0 aromatic carbocycles. The van der Waals surface area contributed by atoms with Gasteiger partial charge in [-0.2, -0.15) is 0 Å². The van der Waals surface area contributed by atoms with Crippen LogP contribution in [0, 0.1) is 0 Å². The van der Waals surface area contributed by atoms with Crippen molar-refractivity contribution in [3.8, 4) is 0 Å². The van der Waals surface area contributed by atoms with E-state index in [2.05, 4.69) is 31.2 Å². The Balaban J connectivity index is 3.38. The van der Waals surface area contributed by atoms with Crippen molar-refractivity contribution in [2.24, 2.45) is 0 Å². The fraction of sp³-hybridized carbons (Fsp3) is 0.815. The van der Waals surface area contributed by atoms with Crippen LogP contribution >= 0.6 is 0 Å². The molecule has 0 aliphatic carbocycles. The molecule has 0 aliphatic heterocycles. The third kappa shape index (κ3) is 23.4. The summed E-state index contributed by atoms with van der Waals surface area (Å²) in [5.41, 5.74) is 0. The Bertz CT molecular complexity index is 431. The summed E-state index contributed by atoms with van der Waals surface area (Å²) >= 11 is 0. The second-order valence-electron chi connectivity index (χ2n) is 8.41. The van der Waals surface area contributed by atoms with Gasteiger partial charge in [-0.3, -0.25) is 4.79 Å². The van der Waals surface area contributed by atoms with Gasteiger partial charge in [0.15, 0.2) is 0 Å². The highest BCUT2D eigenvalue weighted by Crippen LogP contribution is 2.09. The molecule has 0 saturated heterocycles. The van der Waals surface area contributed by atoms with E-state index in [9.17, 15) is 9.90 Å². The number of aliphatic hydroxyl groups excluding tert-OH is 1. The van der Waals surface area contributed by atoms with Gasteiger partial charge >= 0.3 is 5.97 Å². The molecule has 0 amide bonds. The molecule has 0 aromatic rings. The van der Waals surface area contributed by atoms with Crippen molar-refractivity contribution in [3.05, 3.63) is 24.3 Å². The molecule has 1 N–H and O–H groups in total. The number of carbonyl (C=O) groups excluding carboxylic acids is 1. The summed E-state index contributed by atoms with van der Waals surface area (Å²) < 4.78 is 10.8. The molecule has 0 radical (unpaired) electrons. The summed E-state index contributed by atoms with van der Waals surface area (Å²) in [6.45, 7) is 5.06. The van der Waals surface area contributed by atoms with Crippen LogP contribution in [-0.2, 0) is 14.3 Å². The van der Waals surface area contributed by atoms with Gasteiger partial charge in [-0.15, -0.1) is 0 Å². The van der Waals surface area contributed by atoms with Crippen LogP contribution in [0.25, 0.3) is 0 Å². The molecule has 0 bridgehead atoms. The van der Waals surface area contributed by atoms with Crippen LogP contribution in [0.5, 0.6) is 0 Å². The van der Waals surface area contributed by atoms with Crippen LogP contribution in [0.3, 0.4) is 0 Å². The number of hydrogen-bond acceptors (Lipinski definition) is 4. The van der Waals surface area contributed by atoms with E-state index in [-0.39, 0.29) is 19.2 Å². The zero-order chi connectivity index (χ0) is 22.8. The number of carbonyl (C=O) groups is 1. The van der Waals surface area contributed by atoms with Gasteiger partial charge in [0.2, 0.25) is 0 Å². The van der Waals surface area contributed by atoms with Crippen molar-refractivity contribution in [1.82, 2.24) is 0 Å². The standard InChI is InChI=1S/C27H50O4/c1-3-5-7-8-9-10-11-12-13-14-15-16-17-18-19-20-21-23-30-25-26(24-28)31-27(29)22-6-4-2/h10-11,13-14,26,28H,3-9,12,15-25H2,1-2H3/b11-10-,14-13-. The van der Waals surface area contributed by atoms with Gasteiger partial charge in [0.1, 0.15) is 6.10 Å². The van der Waals surface area contributed by atoms with E-state index in [4.69, 9.17) is 9.47 Å². The van der Waals surface area contributed by atoms with Crippen molar-refractivity contribution >= 4 is 5.97 Å². The number of ether oxygens (including phenoxy) is 2. The van der Waals surface area contributed by atoms with Crippen LogP contribution in [0.15, 0.2) is 24.3 Å². The third-order valence-electron chi connectivity index (χ3n) is 5.28. The van der Waals surface area contributed by atoms with Crippen LogP contribution in [0.4, 0.5) is 0 Å². The molecule has 1 atom stereocenters. The van der Waals surface area contributed by atoms with Gasteiger partial charge in [0.05, 0.1) is 13.2 Å². The topological polar surface area (TPSA) is 55.8 Å². The maximum Gasteiger partial charge on any atom is 0.306 e. The first-order valence-corrected chi connectivity index (χ1v) is 12.9. The van der Waals surface area contributed by atoms with Crippen LogP contribution < -0.4 is 0 Å². The molecule has 0 rings (SSSR count). The minimum absolute atomic E-state index is 0.179. The van der Waals surface area contributed by atoms with E-state index in [1.165, 1.54) is 70.6 Å². The molecular weight excluding hydrogens is 388 g/mol. The first-order valence-electron chi connectivity index (χ1n) is 12.9. The van der Waals surface area contributed by atoms with Crippen LogP contribution in [-0.4, -0.2) is 37.0 Å². The average Bonchev–Trinajstić information content (AvgIpc) is 2.78. The minimum Gasteiger partial charge on any atom is -0.457 e. The first kappa shape index (κ1) is 29.9. The number of esters is 1. The van der Waals surface area contributed by atoms with Gasteiger partial charge in [-0.1, -0.05) is 89.5 Å². The van der Waals surface area contributed by atoms with Crippen LogP contribution in [0.2, 0.25) is 0 Å². The number of rotatable bonds is 23. The maximum atomic E-state index is 11.6. The van der Waals surface area contributed by atoms with Crippen molar-refractivity contribution < 1.29 is 19.4 Å². The molecule has 0 aliphatic rings. The molecule has 31 heavy (non-hydrogen) atoms. The zero-order valence-corrected chi connectivity index (χ0v) is 20.5. The Kier molecular flexibility index (Phi) is 24.2. The fourth-order valence-corrected chi connectivity index (χ4v) is 3.27. The van der Waals surface area contributed by atoms with E-state index in [1.54, 1.807) is 0 Å². The van der Waals surface area contributed by atoms with E-state index in [0.717, 1.165) is 25.7 Å². The lowest BCUT2D eigenvalue weighted by atomic mass is 10.1. The van der Waals surface area contributed by atoms with E-state index in [0.29, 0.717) is 13.0 Å². The quantitative estimate of drug-likeness (QED) is 0.103. The van der Waals surface area contributed by atoms with Gasteiger partial charge in [-0.05, 0) is 44.9 Å². The Morgan fingerprint density at radius 1 is 0.774 bits per heavy atom. The lowest BCUT2D eigenvalue weighted by molar-refractivity contribution is -0.154. The smallest absolute Gasteiger partial charge is 0.306 e. The lowest BCUT2D eigenvalue weighted by Crippen LogP contribution is -2.27. The summed E-state index contributed by atoms with van der Waals surface area (Å²) in [6.07, 6.45) is 27.0. The second-order valence-corrected chi connectivity index (χ2v) is 8.41. The van der Waals surface area contributed by atoms with Gasteiger partial charge in [0.25, 0.3) is 0 Å². The van der Waals surface area contributed by atoms with Gasteiger partial charge in [0, 0.05) is 13.0 Å². The summed E-state index contributed by atoms with van der Waals surface area (Å²) in [4.78, 5) is 11.6. The largest absolute Gasteiger partial charge is 0.457 e. The Labute approximate surface area is 192 Å². The van der Waals surface area contributed by atoms with Crippen molar-refractivity contribution in [1.29, 1.82) is 0 Å². The predicted molar refractivity (Wildman–Crippen MR) is 131 cm³/mol. The van der Waals surface area contributed by atoms with Gasteiger partial charge in [-0.25, -0.2) is 0 Å². The Hall–Kier alpha value is -1.13. The number of allylic oxidation sites excluding steroid dienone is 4. The van der Waals surface area contributed by atoms with Crippen molar-refractivity contribution in [2.45, 2.75) is 123 Å². The van der Waals surface area contributed by atoms with Crippen LogP contribution in [0.1, 0.15) is 117 Å². The highest BCUT2D eigenvalue weighted by Gasteiger charge is 2.13. The van der Waals surface area contributed by atoms with Crippen molar-refractivity contribution in [3.63, 3.8) is 0 Å². The third-order valence-corrected chi connectivity index (χ3v) is 5.28. The molecule has 0 aromatic heterocycles. The van der Waals surface area contributed by atoms with E-state index >= 15 is 0 Å². The molecule has 4 heteroatoms. The molecule has 0 spiro atoms. The monoisotopic (exact) mass is 438 g/mol. The van der Waals surface area contributed by atoms with Gasteiger partial charge < -0.3 is 14.6 Å². The van der Waals surface area contributed by atoms with Crippen molar-refractivity contribution in [2.75, 3.05) is 19.8 Å². The number of aliphatic hydroxyl groups is 1. The predicted octanol–water partition coefficient (Wildman–Crippen LogP) is 7.30. The normalized spacial score (nSPS) is 12.7. The lowest BCUT2D eigenvalue weighted by Gasteiger charge is -2.15. The average molecular weight is 439 g/mol. The summed E-state index contributed by atoms with van der Waals surface area (Å²) in [5, 5.41) is 9.29. The molecule has 0 saturated carbocycles. The van der Waals surface area contributed by atoms with E-state index < -0.39 is 6.10 Å². The highest BCUT2D eigenvalue weighted by molar-refractivity contribution is 5.69. The number of unbranched alkanes of at least 4 members (excludes halogenated alkanes) is 11. The summed E-state index contributed by atoms with van der Waals surface area (Å²) in [7, 11) is 0. The summed E-state index contributed by atoms with van der Waals surface area (Å²) in [5.74, 6) is -0.242. The number of hydrogen-bond donors (Lipinski definition) is 1. The maximum absolute atomic E-state index is 11.6. The molecule has 182 valence electrons. The van der Waals surface area contributed by atoms with E-state index in [1.807, 2.05) is 6.92 Å². The Morgan fingerprint density at radius 2 is 1.35 bits per heavy atom. The molecule has 1 unspecified atom stereocenters. The Morgan fingerprint density at radius 3 is 1.97 bits per heavy atom. The SMILES string of the molecule is CCCCCC/C=C\C/C=C\CCCCCCCCOCC(CO)OC(=O)CCCC. The molecule has 0 fully saturated rings. The fourth-order valence-electron chi connectivity index (χ4n) is 3.27. The highest BCUT2D eigenvalue weighted by atomic mass is 16.6. The zero-order valence-electron chi connectivity index (χ0n) is 20.5.